The lowest BCUT2D eigenvalue weighted by molar-refractivity contribution is 0.103. The smallest absolute Gasteiger partial charge is 0.278 e. The SMILES string of the molecule is CC(C)c1cc(C(=O)c2cnn3c(=O)c(C(C)C)c(-c4ccccc4)n(C)c23)n[nH]1. The Hall–Kier alpha value is -3.48. The van der Waals surface area contributed by atoms with Crippen molar-refractivity contribution in [3.8, 4) is 11.3 Å². The van der Waals surface area contributed by atoms with Crippen LogP contribution in [0.3, 0.4) is 0 Å². The monoisotopic (exact) mass is 403 g/mol. The van der Waals surface area contributed by atoms with Gasteiger partial charge in [-0.2, -0.15) is 14.7 Å². The number of H-pyrrole nitrogens is 1. The maximum atomic E-state index is 13.3. The second-order valence-electron chi connectivity index (χ2n) is 8.13. The molecule has 1 N–H and O–H groups in total. The number of aromatic nitrogens is 5. The van der Waals surface area contributed by atoms with E-state index in [1.807, 2.05) is 69.6 Å². The number of benzene rings is 1. The van der Waals surface area contributed by atoms with E-state index in [-0.39, 0.29) is 23.2 Å². The summed E-state index contributed by atoms with van der Waals surface area (Å²) in [6, 6.07) is 11.5. The fourth-order valence-electron chi connectivity index (χ4n) is 3.83. The van der Waals surface area contributed by atoms with E-state index in [9.17, 15) is 9.59 Å². The van der Waals surface area contributed by atoms with Gasteiger partial charge in [0.25, 0.3) is 5.56 Å². The average molecular weight is 403 g/mol. The van der Waals surface area contributed by atoms with Gasteiger partial charge in [0.15, 0.2) is 5.65 Å². The Morgan fingerprint density at radius 1 is 1.07 bits per heavy atom. The summed E-state index contributed by atoms with van der Waals surface area (Å²) >= 11 is 0. The summed E-state index contributed by atoms with van der Waals surface area (Å²) in [4.78, 5) is 26.6. The Labute approximate surface area is 174 Å². The van der Waals surface area contributed by atoms with Crippen LogP contribution in [0.2, 0.25) is 0 Å². The molecule has 0 aliphatic carbocycles. The van der Waals surface area contributed by atoms with Crippen LogP contribution in [-0.4, -0.2) is 30.2 Å². The fraction of sp³-hybridized carbons (Fsp3) is 0.304. The van der Waals surface area contributed by atoms with Crippen molar-refractivity contribution in [2.24, 2.45) is 7.05 Å². The molecule has 4 aromatic rings. The summed E-state index contributed by atoms with van der Waals surface area (Å²) in [6.07, 6.45) is 1.46. The highest BCUT2D eigenvalue weighted by atomic mass is 16.1. The number of hydrogen-bond acceptors (Lipinski definition) is 4. The van der Waals surface area contributed by atoms with Crippen LogP contribution in [0.4, 0.5) is 0 Å². The van der Waals surface area contributed by atoms with Crippen molar-refractivity contribution in [1.82, 2.24) is 24.4 Å². The van der Waals surface area contributed by atoms with Crippen LogP contribution in [0, 0.1) is 0 Å². The Balaban J connectivity index is 1.99. The first-order chi connectivity index (χ1) is 14.3. The van der Waals surface area contributed by atoms with E-state index >= 15 is 0 Å². The lowest BCUT2D eigenvalue weighted by Crippen LogP contribution is -2.26. The van der Waals surface area contributed by atoms with Crippen molar-refractivity contribution in [1.29, 1.82) is 0 Å². The molecule has 30 heavy (non-hydrogen) atoms. The summed E-state index contributed by atoms with van der Waals surface area (Å²) in [6.45, 7) is 8.03. The van der Waals surface area contributed by atoms with Crippen LogP contribution in [0.15, 0.2) is 47.4 Å². The molecule has 154 valence electrons. The molecule has 7 heteroatoms. The standard InChI is InChI=1S/C23H25N5O2/c1-13(2)17-11-18(26-25-17)21(29)16-12-24-28-22(16)27(5)20(15-9-7-6-8-10-15)19(14(3)4)23(28)30/h6-14H,1-5H3,(H,25,26). The van der Waals surface area contributed by atoms with Gasteiger partial charge in [-0.25, -0.2) is 0 Å². The van der Waals surface area contributed by atoms with Crippen LogP contribution in [0.1, 0.15) is 66.8 Å². The molecule has 0 unspecified atom stereocenters. The third kappa shape index (κ3) is 3.07. The van der Waals surface area contributed by atoms with E-state index in [4.69, 9.17) is 0 Å². The highest BCUT2D eigenvalue weighted by Crippen LogP contribution is 2.29. The first-order valence-electron chi connectivity index (χ1n) is 10.1. The minimum Gasteiger partial charge on any atom is -0.328 e. The second kappa shape index (κ2) is 7.40. The van der Waals surface area contributed by atoms with Crippen LogP contribution in [-0.2, 0) is 7.05 Å². The van der Waals surface area contributed by atoms with Gasteiger partial charge in [0.2, 0.25) is 5.78 Å². The molecule has 0 aliphatic heterocycles. The molecular formula is C23H25N5O2. The molecule has 0 aliphatic rings. The molecule has 0 spiro atoms. The third-order valence-corrected chi connectivity index (χ3v) is 5.40. The molecule has 4 rings (SSSR count). The highest BCUT2D eigenvalue weighted by molar-refractivity contribution is 6.11. The normalized spacial score (nSPS) is 11.7. The van der Waals surface area contributed by atoms with Crippen LogP contribution >= 0.6 is 0 Å². The number of nitrogens with one attached hydrogen (secondary N) is 1. The number of carbonyl (C=O) groups is 1. The Kier molecular flexibility index (Phi) is 4.89. The zero-order chi connectivity index (χ0) is 21.6. The van der Waals surface area contributed by atoms with Gasteiger partial charge >= 0.3 is 0 Å². The Morgan fingerprint density at radius 2 is 1.77 bits per heavy atom. The van der Waals surface area contributed by atoms with Crippen molar-refractivity contribution in [2.75, 3.05) is 0 Å². The largest absolute Gasteiger partial charge is 0.328 e. The van der Waals surface area contributed by atoms with E-state index in [1.54, 1.807) is 6.07 Å². The van der Waals surface area contributed by atoms with Crippen molar-refractivity contribution in [2.45, 2.75) is 39.5 Å². The third-order valence-electron chi connectivity index (χ3n) is 5.40. The number of fused-ring (bicyclic) bond motifs is 1. The molecule has 3 heterocycles. The van der Waals surface area contributed by atoms with Crippen LogP contribution in [0.5, 0.6) is 0 Å². The van der Waals surface area contributed by atoms with E-state index in [0.717, 1.165) is 17.0 Å². The van der Waals surface area contributed by atoms with Gasteiger partial charge in [0, 0.05) is 18.3 Å². The molecular weight excluding hydrogens is 378 g/mol. The average Bonchev–Trinajstić information content (AvgIpc) is 3.38. The number of ketones is 1. The van der Waals surface area contributed by atoms with Gasteiger partial charge in [-0.15, -0.1) is 0 Å². The van der Waals surface area contributed by atoms with Crippen molar-refractivity contribution >= 4 is 11.4 Å². The molecule has 0 saturated carbocycles. The number of aromatic amines is 1. The lowest BCUT2D eigenvalue weighted by Gasteiger charge is -2.18. The first kappa shape index (κ1) is 19.8. The maximum Gasteiger partial charge on any atom is 0.278 e. The summed E-state index contributed by atoms with van der Waals surface area (Å²) in [5, 5.41) is 11.4. The fourth-order valence-corrected chi connectivity index (χ4v) is 3.83. The zero-order valence-corrected chi connectivity index (χ0v) is 17.8. The molecule has 0 radical (unpaired) electrons. The first-order valence-corrected chi connectivity index (χ1v) is 10.1. The van der Waals surface area contributed by atoms with E-state index in [0.29, 0.717) is 22.5 Å². The highest BCUT2D eigenvalue weighted by Gasteiger charge is 2.25. The van der Waals surface area contributed by atoms with Crippen LogP contribution in [0.25, 0.3) is 16.9 Å². The number of hydrogen-bond donors (Lipinski definition) is 1. The lowest BCUT2D eigenvalue weighted by atomic mass is 9.97. The maximum absolute atomic E-state index is 13.3. The molecule has 0 fully saturated rings. The molecule has 7 nitrogen and oxygen atoms in total. The summed E-state index contributed by atoms with van der Waals surface area (Å²) in [7, 11) is 1.87. The quantitative estimate of drug-likeness (QED) is 0.512. The molecule has 3 aromatic heterocycles. The van der Waals surface area contributed by atoms with Gasteiger partial charge in [-0.3, -0.25) is 14.7 Å². The van der Waals surface area contributed by atoms with E-state index in [1.165, 1.54) is 10.7 Å². The van der Waals surface area contributed by atoms with E-state index < -0.39 is 0 Å². The van der Waals surface area contributed by atoms with E-state index in [2.05, 4.69) is 15.3 Å². The molecule has 0 bridgehead atoms. The molecule has 0 amide bonds. The van der Waals surface area contributed by atoms with Gasteiger partial charge in [-0.05, 0) is 23.5 Å². The second-order valence-corrected chi connectivity index (χ2v) is 8.13. The van der Waals surface area contributed by atoms with Crippen molar-refractivity contribution in [3.05, 3.63) is 75.5 Å². The predicted octanol–water partition coefficient (Wildman–Crippen LogP) is 3.90. The molecule has 0 saturated heterocycles. The number of nitrogens with zero attached hydrogens (tertiary/aromatic N) is 4. The summed E-state index contributed by atoms with van der Waals surface area (Å²) in [5.74, 6) is -0.0448. The minimum atomic E-state index is -0.264. The number of carbonyl (C=O) groups excluding carboxylic acids is 1. The topological polar surface area (TPSA) is 85.1 Å². The van der Waals surface area contributed by atoms with Gasteiger partial charge in [0.1, 0.15) is 5.69 Å². The van der Waals surface area contributed by atoms with Gasteiger partial charge in [-0.1, -0.05) is 58.0 Å². The van der Waals surface area contributed by atoms with Crippen LogP contribution < -0.4 is 5.56 Å². The summed E-state index contributed by atoms with van der Waals surface area (Å²) < 4.78 is 3.22. The van der Waals surface area contributed by atoms with Crippen molar-refractivity contribution < 1.29 is 4.79 Å². The molecule has 1 aromatic carbocycles. The Morgan fingerprint density at radius 3 is 2.37 bits per heavy atom. The van der Waals surface area contributed by atoms with Gasteiger partial charge < -0.3 is 4.57 Å². The number of rotatable bonds is 5. The predicted molar refractivity (Wildman–Crippen MR) is 116 cm³/mol. The van der Waals surface area contributed by atoms with Gasteiger partial charge in [0.05, 0.1) is 17.5 Å². The molecule has 0 atom stereocenters. The number of aryl methyl sites for hydroxylation is 1. The Bertz CT molecular complexity index is 1290. The van der Waals surface area contributed by atoms with Crippen molar-refractivity contribution in [3.63, 3.8) is 0 Å². The minimum absolute atomic E-state index is 0.00778. The summed E-state index contributed by atoms with van der Waals surface area (Å²) in [5.41, 5.74) is 4.19. The zero-order valence-electron chi connectivity index (χ0n) is 17.8.